The van der Waals surface area contributed by atoms with Gasteiger partial charge in [0.2, 0.25) is 0 Å². The number of pyridine rings is 2. The van der Waals surface area contributed by atoms with Crippen molar-refractivity contribution >= 4 is 17.3 Å². The SMILES string of the molecule is Nc1nn2cc(-c3ccc(N4CCOCC4)nc3)cnc2c1-c1ccccn1. The largest absolute Gasteiger partial charge is 0.382 e. The molecule has 28 heavy (non-hydrogen) atoms. The first-order valence-corrected chi connectivity index (χ1v) is 9.14. The zero-order chi connectivity index (χ0) is 18.9. The first kappa shape index (κ1) is 16.6. The van der Waals surface area contributed by atoms with E-state index in [9.17, 15) is 0 Å². The lowest BCUT2D eigenvalue weighted by atomic mass is 10.1. The lowest BCUT2D eigenvalue weighted by Gasteiger charge is -2.27. The van der Waals surface area contributed by atoms with Crippen LogP contribution in [-0.2, 0) is 4.74 Å². The minimum atomic E-state index is 0.407. The number of hydrogen-bond donors (Lipinski definition) is 1. The quantitative estimate of drug-likeness (QED) is 0.589. The van der Waals surface area contributed by atoms with Crippen LogP contribution < -0.4 is 10.6 Å². The normalized spacial score (nSPS) is 14.5. The molecule has 140 valence electrons. The average molecular weight is 373 g/mol. The molecule has 0 saturated carbocycles. The lowest BCUT2D eigenvalue weighted by molar-refractivity contribution is 0.122. The number of anilines is 2. The Morgan fingerprint density at radius 1 is 0.929 bits per heavy atom. The number of nitrogen functional groups attached to an aromatic ring is 1. The van der Waals surface area contributed by atoms with Gasteiger partial charge in [-0.25, -0.2) is 14.5 Å². The van der Waals surface area contributed by atoms with E-state index in [0.29, 0.717) is 11.5 Å². The molecule has 0 aliphatic carbocycles. The highest BCUT2D eigenvalue weighted by Gasteiger charge is 2.16. The van der Waals surface area contributed by atoms with Crippen LogP contribution in [0, 0.1) is 0 Å². The Kier molecular flexibility index (Phi) is 4.10. The molecule has 0 bridgehead atoms. The van der Waals surface area contributed by atoms with Gasteiger partial charge in [0.25, 0.3) is 0 Å². The Bertz CT molecular complexity index is 1100. The molecule has 8 heteroatoms. The maximum Gasteiger partial charge on any atom is 0.166 e. The van der Waals surface area contributed by atoms with Crippen LogP contribution in [0.3, 0.4) is 0 Å². The van der Waals surface area contributed by atoms with Gasteiger partial charge in [-0.1, -0.05) is 6.07 Å². The fraction of sp³-hybridized carbons (Fsp3) is 0.200. The Balaban J connectivity index is 1.48. The van der Waals surface area contributed by atoms with Crippen LogP contribution in [0.5, 0.6) is 0 Å². The second-order valence-electron chi connectivity index (χ2n) is 6.59. The number of nitrogens with two attached hydrogens (primary N) is 1. The molecule has 1 aliphatic rings. The number of fused-ring (bicyclic) bond motifs is 1. The van der Waals surface area contributed by atoms with Gasteiger partial charge in [-0.3, -0.25) is 4.98 Å². The molecule has 1 aliphatic heterocycles. The molecule has 0 unspecified atom stereocenters. The van der Waals surface area contributed by atoms with Gasteiger partial charge >= 0.3 is 0 Å². The van der Waals surface area contributed by atoms with E-state index in [4.69, 9.17) is 10.5 Å². The highest BCUT2D eigenvalue weighted by Crippen LogP contribution is 2.29. The van der Waals surface area contributed by atoms with Crippen LogP contribution in [0.2, 0.25) is 0 Å². The van der Waals surface area contributed by atoms with Gasteiger partial charge in [0, 0.05) is 49.0 Å². The monoisotopic (exact) mass is 373 g/mol. The summed E-state index contributed by atoms with van der Waals surface area (Å²) in [6, 6.07) is 9.76. The Morgan fingerprint density at radius 3 is 2.54 bits per heavy atom. The smallest absolute Gasteiger partial charge is 0.166 e. The van der Waals surface area contributed by atoms with Crippen molar-refractivity contribution in [2.75, 3.05) is 36.9 Å². The maximum atomic E-state index is 6.14. The van der Waals surface area contributed by atoms with Crippen LogP contribution in [0.15, 0.2) is 55.1 Å². The van der Waals surface area contributed by atoms with E-state index in [2.05, 4.69) is 25.0 Å². The standard InChI is InChI=1S/C20H19N7O/c21-19-18(16-3-1-2-6-22-16)20-24-12-15(13-27(20)25-19)14-4-5-17(23-11-14)26-7-9-28-10-8-26/h1-6,11-13H,7-10H2,(H2,21,25). The molecule has 4 aromatic heterocycles. The maximum absolute atomic E-state index is 6.14. The molecule has 2 N–H and O–H groups in total. The fourth-order valence-electron chi connectivity index (χ4n) is 3.39. The van der Waals surface area contributed by atoms with Crippen LogP contribution in [0.1, 0.15) is 0 Å². The molecular weight excluding hydrogens is 354 g/mol. The van der Waals surface area contributed by atoms with E-state index in [0.717, 1.165) is 54.5 Å². The number of ether oxygens (including phenoxy) is 1. The summed E-state index contributed by atoms with van der Waals surface area (Å²) in [5, 5.41) is 4.42. The predicted octanol–water partition coefficient (Wildman–Crippen LogP) is 2.27. The van der Waals surface area contributed by atoms with Crippen LogP contribution in [0.25, 0.3) is 28.0 Å². The molecule has 0 spiro atoms. The Morgan fingerprint density at radius 2 is 1.79 bits per heavy atom. The minimum absolute atomic E-state index is 0.407. The van der Waals surface area contributed by atoms with Gasteiger partial charge in [0.1, 0.15) is 5.82 Å². The predicted molar refractivity (Wildman–Crippen MR) is 107 cm³/mol. The third kappa shape index (κ3) is 2.93. The van der Waals surface area contributed by atoms with Crippen LogP contribution >= 0.6 is 0 Å². The van der Waals surface area contributed by atoms with Crippen molar-refractivity contribution in [2.45, 2.75) is 0 Å². The second-order valence-corrected chi connectivity index (χ2v) is 6.59. The van der Waals surface area contributed by atoms with Crippen molar-refractivity contribution in [3.63, 3.8) is 0 Å². The second kappa shape index (κ2) is 6.90. The fourth-order valence-corrected chi connectivity index (χ4v) is 3.39. The molecule has 0 atom stereocenters. The summed E-state index contributed by atoms with van der Waals surface area (Å²) in [7, 11) is 0. The zero-order valence-electron chi connectivity index (χ0n) is 15.2. The van der Waals surface area contributed by atoms with Crippen molar-refractivity contribution in [2.24, 2.45) is 0 Å². The third-order valence-electron chi connectivity index (χ3n) is 4.84. The summed E-state index contributed by atoms with van der Waals surface area (Å²) in [6.45, 7) is 3.21. The molecule has 1 saturated heterocycles. The van der Waals surface area contributed by atoms with Crippen molar-refractivity contribution < 1.29 is 4.74 Å². The molecule has 5 heterocycles. The summed E-state index contributed by atoms with van der Waals surface area (Å²) in [5.74, 6) is 1.37. The lowest BCUT2D eigenvalue weighted by Crippen LogP contribution is -2.36. The van der Waals surface area contributed by atoms with E-state index in [1.807, 2.05) is 48.9 Å². The third-order valence-corrected chi connectivity index (χ3v) is 4.84. The molecule has 4 aromatic rings. The van der Waals surface area contributed by atoms with Crippen molar-refractivity contribution in [3.8, 4) is 22.4 Å². The molecule has 0 radical (unpaired) electrons. The Hall–Kier alpha value is -3.52. The topological polar surface area (TPSA) is 94.5 Å². The molecule has 0 amide bonds. The van der Waals surface area contributed by atoms with Gasteiger partial charge in [0.15, 0.2) is 11.5 Å². The number of aromatic nitrogens is 5. The molecule has 0 aromatic carbocycles. The summed E-state index contributed by atoms with van der Waals surface area (Å²) >= 11 is 0. The molecule has 8 nitrogen and oxygen atoms in total. The van der Waals surface area contributed by atoms with E-state index in [1.54, 1.807) is 10.7 Å². The van der Waals surface area contributed by atoms with E-state index >= 15 is 0 Å². The van der Waals surface area contributed by atoms with E-state index in [1.165, 1.54) is 0 Å². The number of morpholine rings is 1. The van der Waals surface area contributed by atoms with Gasteiger partial charge < -0.3 is 15.4 Å². The van der Waals surface area contributed by atoms with Gasteiger partial charge in [-0.05, 0) is 24.3 Å². The summed E-state index contributed by atoms with van der Waals surface area (Å²) in [6.07, 6.45) is 7.32. The summed E-state index contributed by atoms with van der Waals surface area (Å²) < 4.78 is 7.10. The van der Waals surface area contributed by atoms with Crippen LogP contribution in [0.4, 0.5) is 11.6 Å². The molecule has 5 rings (SSSR count). The minimum Gasteiger partial charge on any atom is -0.382 e. The summed E-state index contributed by atoms with van der Waals surface area (Å²) in [4.78, 5) is 15.8. The van der Waals surface area contributed by atoms with Crippen LogP contribution in [-0.4, -0.2) is 50.9 Å². The summed E-state index contributed by atoms with van der Waals surface area (Å²) in [5.41, 5.74) is 10.2. The number of hydrogen-bond acceptors (Lipinski definition) is 7. The first-order valence-electron chi connectivity index (χ1n) is 9.14. The molecular formula is C20H19N7O. The zero-order valence-corrected chi connectivity index (χ0v) is 15.2. The molecule has 1 fully saturated rings. The highest BCUT2D eigenvalue weighted by atomic mass is 16.5. The van der Waals surface area contributed by atoms with Crippen molar-refractivity contribution in [3.05, 3.63) is 55.1 Å². The first-order chi connectivity index (χ1) is 13.8. The van der Waals surface area contributed by atoms with Crippen molar-refractivity contribution in [1.82, 2.24) is 24.6 Å². The van der Waals surface area contributed by atoms with Crippen molar-refractivity contribution in [1.29, 1.82) is 0 Å². The Labute approximate surface area is 161 Å². The van der Waals surface area contributed by atoms with Gasteiger partial charge in [0.05, 0.1) is 24.5 Å². The highest BCUT2D eigenvalue weighted by molar-refractivity contribution is 5.84. The van der Waals surface area contributed by atoms with E-state index in [-0.39, 0.29) is 0 Å². The number of nitrogens with zero attached hydrogens (tertiary/aromatic N) is 6. The van der Waals surface area contributed by atoms with E-state index < -0.39 is 0 Å². The average Bonchev–Trinajstić information content (AvgIpc) is 3.10. The van der Waals surface area contributed by atoms with Gasteiger partial charge in [-0.15, -0.1) is 5.10 Å². The number of rotatable bonds is 3. The van der Waals surface area contributed by atoms with Gasteiger partial charge in [-0.2, -0.15) is 0 Å².